The number of aliphatic hydroxyl groups excluding tert-OH is 1. The average Bonchev–Trinajstić information content (AvgIpc) is 2.70. The Balaban J connectivity index is 1.94. The summed E-state index contributed by atoms with van der Waals surface area (Å²) in [6.45, 7) is 4.73. The number of aryl methyl sites for hydroxylation is 1. The number of amides is 1. The van der Waals surface area contributed by atoms with E-state index in [9.17, 15) is 14.7 Å². The van der Waals surface area contributed by atoms with E-state index in [0.29, 0.717) is 6.54 Å². The largest absolute Gasteiger partial charge is 0.391 e. The first-order chi connectivity index (χ1) is 10.5. The zero-order valence-corrected chi connectivity index (χ0v) is 13.4. The minimum Gasteiger partial charge on any atom is -0.391 e. The summed E-state index contributed by atoms with van der Waals surface area (Å²) >= 11 is 0. The van der Waals surface area contributed by atoms with Crippen LogP contribution in [0.15, 0.2) is 4.79 Å². The standard InChI is InChI=1S/C15H26N4O3/c1-3-11(2)12(20)9-16-14(21)10-19-15(22)18-8-6-4-5-7-13(18)17-19/h11-12,20H,3-10H2,1-2H3,(H,16,21). The molecular formula is C15H26N4O3. The number of fused-ring (bicyclic) bond motifs is 1. The van der Waals surface area contributed by atoms with Crippen molar-refractivity contribution >= 4 is 5.91 Å². The molecule has 2 N–H and O–H groups in total. The number of hydrogen-bond donors (Lipinski definition) is 2. The van der Waals surface area contributed by atoms with Crippen LogP contribution in [0.2, 0.25) is 0 Å². The van der Waals surface area contributed by atoms with Crippen LogP contribution >= 0.6 is 0 Å². The fraction of sp³-hybridized carbons (Fsp3) is 0.800. The minimum absolute atomic E-state index is 0.0912. The summed E-state index contributed by atoms with van der Waals surface area (Å²) < 4.78 is 2.90. The monoisotopic (exact) mass is 310 g/mol. The van der Waals surface area contributed by atoms with Gasteiger partial charge in [0.15, 0.2) is 0 Å². The second-order valence-corrected chi connectivity index (χ2v) is 6.08. The van der Waals surface area contributed by atoms with Crippen LogP contribution in [0.1, 0.15) is 45.4 Å². The number of hydrogen-bond acceptors (Lipinski definition) is 4. The van der Waals surface area contributed by atoms with Crippen LogP contribution in [0, 0.1) is 5.92 Å². The summed E-state index contributed by atoms with van der Waals surface area (Å²) in [6, 6.07) is 0. The normalized spacial score (nSPS) is 17.4. The SMILES string of the molecule is CCC(C)C(O)CNC(=O)Cn1nc2n(c1=O)CCCCC2. The van der Waals surface area contributed by atoms with Gasteiger partial charge in [-0.25, -0.2) is 9.48 Å². The molecule has 0 saturated carbocycles. The highest BCUT2D eigenvalue weighted by molar-refractivity contribution is 5.75. The molecule has 1 aliphatic rings. The molecule has 0 aliphatic carbocycles. The van der Waals surface area contributed by atoms with Crippen molar-refractivity contribution in [2.24, 2.45) is 5.92 Å². The number of carbonyl (C=O) groups excluding carboxylic acids is 1. The van der Waals surface area contributed by atoms with Crippen molar-refractivity contribution in [2.75, 3.05) is 6.54 Å². The van der Waals surface area contributed by atoms with Crippen LogP contribution in [0.4, 0.5) is 0 Å². The maximum Gasteiger partial charge on any atom is 0.346 e. The quantitative estimate of drug-likeness (QED) is 0.790. The van der Waals surface area contributed by atoms with Gasteiger partial charge in [0.05, 0.1) is 6.10 Å². The van der Waals surface area contributed by atoms with E-state index >= 15 is 0 Å². The van der Waals surface area contributed by atoms with E-state index in [1.807, 2.05) is 13.8 Å². The Morgan fingerprint density at radius 1 is 1.41 bits per heavy atom. The summed E-state index contributed by atoms with van der Waals surface area (Å²) in [5.41, 5.74) is -0.213. The molecule has 2 unspecified atom stereocenters. The third-order valence-corrected chi connectivity index (χ3v) is 4.38. The highest BCUT2D eigenvalue weighted by atomic mass is 16.3. The summed E-state index contributed by atoms with van der Waals surface area (Å²) in [5.74, 6) is 0.611. The summed E-state index contributed by atoms with van der Waals surface area (Å²) in [7, 11) is 0. The topological polar surface area (TPSA) is 89.2 Å². The summed E-state index contributed by atoms with van der Waals surface area (Å²) in [6.07, 6.45) is 4.19. The molecule has 0 spiro atoms. The van der Waals surface area contributed by atoms with Gasteiger partial charge in [0.25, 0.3) is 0 Å². The van der Waals surface area contributed by atoms with Crippen molar-refractivity contribution in [3.63, 3.8) is 0 Å². The van der Waals surface area contributed by atoms with E-state index in [4.69, 9.17) is 0 Å². The van der Waals surface area contributed by atoms with E-state index in [1.165, 1.54) is 4.68 Å². The fourth-order valence-electron chi connectivity index (χ4n) is 2.61. The predicted octanol–water partition coefficient (Wildman–Crippen LogP) is 0.294. The molecule has 2 heterocycles. The Labute approximate surface area is 130 Å². The van der Waals surface area contributed by atoms with Crippen LogP contribution in [0.25, 0.3) is 0 Å². The molecule has 2 rings (SSSR count). The van der Waals surface area contributed by atoms with Crippen LogP contribution in [0.3, 0.4) is 0 Å². The molecule has 0 aromatic carbocycles. The number of rotatable bonds is 6. The predicted molar refractivity (Wildman–Crippen MR) is 82.5 cm³/mol. The van der Waals surface area contributed by atoms with Crippen molar-refractivity contribution in [1.29, 1.82) is 0 Å². The highest BCUT2D eigenvalue weighted by Crippen LogP contribution is 2.10. The Hall–Kier alpha value is -1.63. The van der Waals surface area contributed by atoms with Gasteiger partial charge in [0, 0.05) is 19.5 Å². The van der Waals surface area contributed by atoms with Crippen LogP contribution in [-0.4, -0.2) is 38.0 Å². The van der Waals surface area contributed by atoms with E-state index in [1.54, 1.807) is 4.57 Å². The molecule has 2 atom stereocenters. The van der Waals surface area contributed by atoms with Gasteiger partial charge in [-0.15, -0.1) is 0 Å². The molecule has 7 nitrogen and oxygen atoms in total. The molecule has 1 aromatic heterocycles. The molecule has 0 fully saturated rings. The van der Waals surface area contributed by atoms with Crippen LogP contribution in [-0.2, 0) is 24.3 Å². The van der Waals surface area contributed by atoms with Gasteiger partial charge >= 0.3 is 5.69 Å². The van der Waals surface area contributed by atoms with Crippen molar-refractivity contribution < 1.29 is 9.90 Å². The molecule has 0 saturated heterocycles. The molecule has 7 heteroatoms. The molecular weight excluding hydrogens is 284 g/mol. The molecule has 0 radical (unpaired) electrons. The van der Waals surface area contributed by atoms with Gasteiger partial charge in [-0.2, -0.15) is 5.10 Å². The number of nitrogens with zero attached hydrogens (tertiary/aromatic N) is 3. The zero-order valence-electron chi connectivity index (χ0n) is 13.4. The van der Waals surface area contributed by atoms with E-state index < -0.39 is 6.10 Å². The number of nitrogens with one attached hydrogen (secondary N) is 1. The lowest BCUT2D eigenvalue weighted by molar-refractivity contribution is -0.122. The third-order valence-electron chi connectivity index (χ3n) is 4.38. The van der Waals surface area contributed by atoms with Gasteiger partial charge < -0.3 is 10.4 Å². The van der Waals surface area contributed by atoms with E-state index in [0.717, 1.165) is 37.9 Å². The smallest absolute Gasteiger partial charge is 0.346 e. The van der Waals surface area contributed by atoms with Crippen LogP contribution in [0.5, 0.6) is 0 Å². The first-order valence-electron chi connectivity index (χ1n) is 8.14. The number of aliphatic hydroxyl groups is 1. The van der Waals surface area contributed by atoms with Gasteiger partial charge in [0.2, 0.25) is 5.91 Å². The lowest BCUT2D eigenvalue weighted by Crippen LogP contribution is -2.39. The molecule has 1 aliphatic heterocycles. The molecule has 1 aromatic rings. The molecule has 1 amide bonds. The summed E-state index contributed by atoms with van der Waals surface area (Å²) in [5, 5.41) is 16.8. The second kappa shape index (κ2) is 7.58. The summed E-state index contributed by atoms with van der Waals surface area (Å²) in [4.78, 5) is 24.2. The number of carbonyl (C=O) groups is 1. The molecule has 22 heavy (non-hydrogen) atoms. The lowest BCUT2D eigenvalue weighted by atomic mass is 10.0. The van der Waals surface area contributed by atoms with Gasteiger partial charge in [0.1, 0.15) is 12.4 Å². The average molecular weight is 310 g/mol. The third kappa shape index (κ3) is 3.97. The van der Waals surface area contributed by atoms with Crippen molar-refractivity contribution in [1.82, 2.24) is 19.7 Å². The fourth-order valence-corrected chi connectivity index (χ4v) is 2.61. The van der Waals surface area contributed by atoms with Crippen molar-refractivity contribution in [3.8, 4) is 0 Å². The van der Waals surface area contributed by atoms with Gasteiger partial charge in [-0.3, -0.25) is 9.36 Å². The van der Waals surface area contributed by atoms with Gasteiger partial charge in [-0.05, 0) is 18.8 Å². The van der Waals surface area contributed by atoms with Crippen LogP contribution < -0.4 is 11.0 Å². The lowest BCUT2D eigenvalue weighted by Gasteiger charge is -2.17. The molecule has 124 valence electrons. The van der Waals surface area contributed by atoms with E-state index in [-0.39, 0.29) is 30.6 Å². The second-order valence-electron chi connectivity index (χ2n) is 6.08. The number of aromatic nitrogens is 3. The Bertz CT molecular complexity index is 564. The molecule has 0 bridgehead atoms. The minimum atomic E-state index is -0.565. The van der Waals surface area contributed by atoms with Crippen molar-refractivity contribution in [3.05, 3.63) is 16.3 Å². The zero-order chi connectivity index (χ0) is 16.1. The Morgan fingerprint density at radius 3 is 2.91 bits per heavy atom. The maximum absolute atomic E-state index is 12.2. The maximum atomic E-state index is 12.2. The highest BCUT2D eigenvalue weighted by Gasteiger charge is 2.18. The van der Waals surface area contributed by atoms with Crippen molar-refractivity contribution in [2.45, 2.75) is 65.1 Å². The first-order valence-corrected chi connectivity index (χ1v) is 8.14. The Kier molecular flexibility index (Phi) is 5.76. The van der Waals surface area contributed by atoms with Gasteiger partial charge in [-0.1, -0.05) is 26.7 Å². The van der Waals surface area contributed by atoms with E-state index in [2.05, 4.69) is 10.4 Å². The Morgan fingerprint density at radius 2 is 2.18 bits per heavy atom. The first kappa shape index (κ1) is 16.7.